The molecular weight excluding hydrogens is 216 g/mol. The van der Waals surface area contributed by atoms with Crippen molar-refractivity contribution in [3.8, 4) is 0 Å². The molecule has 1 fully saturated rings. The number of rotatable bonds is 5. The average Bonchev–Trinajstić information content (AvgIpc) is 2.39. The molecule has 5 nitrogen and oxygen atoms in total. The summed E-state index contributed by atoms with van der Waals surface area (Å²) < 4.78 is 22.4. The number of sulfone groups is 1. The molecule has 1 heterocycles. The van der Waals surface area contributed by atoms with Gasteiger partial charge in [0.2, 0.25) is 0 Å². The fourth-order valence-corrected chi connectivity index (χ4v) is 3.40. The molecule has 6 heteroatoms. The quantitative estimate of drug-likeness (QED) is 0.620. The molecule has 2 N–H and O–H groups in total. The molecule has 0 bridgehead atoms. The van der Waals surface area contributed by atoms with Gasteiger partial charge in [-0.15, -0.1) is 0 Å². The topological polar surface area (TPSA) is 69.6 Å². The molecule has 1 aliphatic rings. The van der Waals surface area contributed by atoms with E-state index in [1.54, 1.807) is 0 Å². The summed E-state index contributed by atoms with van der Waals surface area (Å²) in [5, 5.41) is 12.6. The maximum Gasteiger partial charge on any atom is 0.154 e. The van der Waals surface area contributed by atoms with Gasteiger partial charge in [-0.05, 0) is 13.6 Å². The molecule has 0 spiro atoms. The van der Waals surface area contributed by atoms with E-state index in [1.807, 2.05) is 7.05 Å². The van der Waals surface area contributed by atoms with E-state index in [9.17, 15) is 13.5 Å². The summed E-state index contributed by atoms with van der Waals surface area (Å²) in [6.07, 6.45) is -0.748. The predicted molar refractivity (Wildman–Crippen MR) is 59.6 cm³/mol. The van der Waals surface area contributed by atoms with Crippen LogP contribution < -0.4 is 5.32 Å². The van der Waals surface area contributed by atoms with Gasteiger partial charge >= 0.3 is 0 Å². The molecule has 0 aromatic heterocycles. The van der Waals surface area contributed by atoms with Crippen molar-refractivity contribution in [3.05, 3.63) is 0 Å². The van der Waals surface area contributed by atoms with Crippen LogP contribution in [-0.2, 0) is 9.84 Å². The summed E-state index contributed by atoms with van der Waals surface area (Å²) in [5.41, 5.74) is 0. The fraction of sp³-hybridized carbons (Fsp3) is 1.00. The van der Waals surface area contributed by atoms with Crippen molar-refractivity contribution in [2.75, 3.05) is 38.2 Å². The minimum atomic E-state index is -3.03. The van der Waals surface area contributed by atoms with Crippen molar-refractivity contribution < 1.29 is 13.5 Å². The Kier molecular flexibility index (Phi) is 4.51. The number of nitrogens with one attached hydrogen (secondary N) is 1. The normalized spacial score (nSPS) is 29.9. The van der Waals surface area contributed by atoms with Crippen LogP contribution in [0.25, 0.3) is 0 Å². The van der Waals surface area contributed by atoms with Crippen LogP contribution >= 0.6 is 0 Å². The van der Waals surface area contributed by atoms with E-state index in [2.05, 4.69) is 17.1 Å². The van der Waals surface area contributed by atoms with Crippen molar-refractivity contribution in [2.45, 2.75) is 19.1 Å². The Bertz CT molecular complexity index is 292. The Morgan fingerprint density at radius 2 is 2.13 bits per heavy atom. The van der Waals surface area contributed by atoms with Crippen molar-refractivity contribution in [1.29, 1.82) is 0 Å². The summed E-state index contributed by atoms with van der Waals surface area (Å²) in [4.78, 5) is 2.13. The summed E-state index contributed by atoms with van der Waals surface area (Å²) >= 11 is 0. The van der Waals surface area contributed by atoms with Gasteiger partial charge in [-0.3, -0.25) is 0 Å². The molecule has 0 radical (unpaired) electrons. The second kappa shape index (κ2) is 5.25. The largest absolute Gasteiger partial charge is 0.390 e. The molecule has 15 heavy (non-hydrogen) atoms. The first-order valence-corrected chi connectivity index (χ1v) is 7.07. The third-order valence-electron chi connectivity index (χ3n) is 2.76. The lowest BCUT2D eigenvalue weighted by molar-refractivity contribution is 0.164. The highest BCUT2D eigenvalue weighted by atomic mass is 32.2. The highest BCUT2D eigenvalue weighted by Crippen LogP contribution is 2.11. The molecule has 0 aromatic carbocycles. The molecule has 1 aliphatic heterocycles. The number of likely N-dealkylation sites (N-methyl/N-ethyl adjacent to an activating group) is 1. The molecule has 0 aliphatic carbocycles. The number of hydrogen-bond donors (Lipinski definition) is 2. The molecule has 0 amide bonds. The van der Waals surface area contributed by atoms with Gasteiger partial charge in [0.25, 0.3) is 0 Å². The smallest absolute Gasteiger partial charge is 0.154 e. The van der Waals surface area contributed by atoms with Gasteiger partial charge in [0.1, 0.15) is 0 Å². The Labute approximate surface area is 91.4 Å². The third kappa shape index (κ3) is 4.06. The molecule has 1 rings (SSSR count). The van der Waals surface area contributed by atoms with Crippen LogP contribution in [0.1, 0.15) is 6.92 Å². The van der Waals surface area contributed by atoms with E-state index in [4.69, 9.17) is 0 Å². The molecule has 0 aromatic rings. The Balaban J connectivity index is 2.28. The van der Waals surface area contributed by atoms with Gasteiger partial charge in [-0.25, -0.2) is 8.42 Å². The average molecular weight is 236 g/mol. The maximum absolute atomic E-state index is 11.2. The first kappa shape index (κ1) is 12.9. The van der Waals surface area contributed by atoms with Crippen molar-refractivity contribution in [3.63, 3.8) is 0 Å². The van der Waals surface area contributed by atoms with E-state index >= 15 is 0 Å². The van der Waals surface area contributed by atoms with Crippen LogP contribution in [0.15, 0.2) is 0 Å². The summed E-state index contributed by atoms with van der Waals surface area (Å²) in [5.74, 6) is -0.0434. The summed E-state index contributed by atoms with van der Waals surface area (Å²) in [7, 11) is -1.02. The number of nitrogens with zero attached hydrogens (tertiary/aromatic N) is 1. The lowest BCUT2D eigenvalue weighted by atomic mass is 10.2. The number of aliphatic hydroxyl groups is 1. The first-order valence-electron chi connectivity index (χ1n) is 5.25. The Morgan fingerprint density at radius 1 is 1.47 bits per heavy atom. The highest BCUT2D eigenvalue weighted by molar-refractivity contribution is 7.91. The second-order valence-electron chi connectivity index (χ2n) is 4.10. The van der Waals surface area contributed by atoms with Crippen LogP contribution in [0, 0.1) is 0 Å². The fourth-order valence-electron chi connectivity index (χ4n) is 1.62. The van der Waals surface area contributed by atoms with Gasteiger partial charge in [0.05, 0.1) is 17.6 Å². The second-order valence-corrected chi connectivity index (χ2v) is 6.25. The van der Waals surface area contributed by atoms with Gasteiger partial charge in [-0.1, -0.05) is 6.92 Å². The minimum absolute atomic E-state index is 0.0595. The molecule has 0 saturated carbocycles. The van der Waals surface area contributed by atoms with Crippen molar-refractivity contribution >= 4 is 9.84 Å². The molecule has 2 unspecified atom stereocenters. The van der Waals surface area contributed by atoms with E-state index in [0.29, 0.717) is 6.54 Å². The van der Waals surface area contributed by atoms with Crippen LogP contribution in [-0.4, -0.2) is 68.8 Å². The number of aliphatic hydroxyl groups excluding tert-OH is 1. The summed E-state index contributed by atoms with van der Waals surface area (Å²) in [6.45, 7) is 4.60. The molecular formula is C9H20N2O3S. The lowest BCUT2D eigenvalue weighted by Gasteiger charge is -2.18. The monoisotopic (exact) mass is 236 g/mol. The highest BCUT2D eigenvalue weighted by Gasteiger charge is 2.35. The SMILES string of the molecule is CCN(C)CCNC1CS(=O)(=O)CC1O. The van der Waals surface area contributed by atoms with Gasteiger partial charge in [-0.2, -0.15) is 0 Å². The van der Waals surface area contributed by atoms with E-state index < -0.39 is 15.9 Å². The van der Waals surface area contributed by atoms with Gasteiger partial charge < -0.3 is 15.3 Å². The van der Waals surface area contributed by atoms with Gasteiger partial charge in [0.15, 0.2) is 9.84 Å². The molecule has 1 saturated heterocycles. The van der Waals surface area contributed by atoms with Gasteiger partial charge in [0, 0.05) is 19.1 Å². The lowest BCUT2D eigenvalue weighted by Crippen LogP contribution is -2.42. The molecule has 2 atom stereocenters. The van der Waals surface area contributed by atoms with Crippen molar-refractivity contribution in [2.24, 2.45) is 0 Å². The maximum atomic E-state index is 11.2. The van der Waals surface area contributed by atoms with E-state index in [0.717, 1.165) is 13.1 Å². The standard InChI is InChI=1S/C9H20N2O3S/c1-3-11(2)5-4-10-8-6-15(13,14)7-9(8)12/h8-10,12H,3-7H2,1-2H3. The predicted octanol–water partition coefficient (Wildman–Crippen LogP) is -1.31. The number of hydrogen-bond acceptors (Lipinski definition) is 5. The van der Waals surface area contributed by atoms with Crippen LogP contribution in [0.3, 0.4) is 0 Å². The first-order chi connectivity index (χ1) is 6.94. The zero-order valence-electron chi connectivity index (χ0n) is 9.31. The summed E-state index contributed by atoms with van der Waals surface area (Å²) in [6, 6.07) is -0.291. The Morgan fingerprint density at radius 3 is 2.60 bits per heavy atom. The van der Waals surface area contributed by atoms with Crippen molar-refractivity contribution in [1.82, 2.24) is 10.2 Å². The van der Waals surface area contributed by atoms with E-state index in [1.165, 1.54) is 0 Å². The van der Waals surface area contributed by atoms with Crippen LogP contribution in [0.2, 0.25) is 0 Å². The van der Waals surface area contributed by atoms with Crippen LogP contribution in [0.5, 0.6) is 0 Å². The zero-order valence-corrected chi connectivity index (χ0v) is 10.1. The zero-order chi connectivity index (χ0) is 11.5. The Hall–Kier alpha value is -0.170. The minimum Gasteiger partial charge on any atom is -0.390 e. The van der Waals surface area contributed by atoms with Crippen LogP contribution in [0.4, 0.5) is 0 Å². The third-order valence-corrected chi connectivity index (χ3v) is 4.48. The molecule has 90 valence electrons. The van der Waals surface area contributed by atoms with E-state index in [-0.39, 0.29) is 17.5 Å².